The largest absolute Gasteiger partial charge is 0.494 e. The second-order valence-corrected chi connectivity index (χ2v) is 23.5. The third kappa shape index (κ3) is 35.7. The number of unbranched alkanes of at least 4 members (excludes halogenated alkanes) is 20. The molecule has 8 aromatic carbocycles. The van der Waals surface area contributed by atoms with Gasteiger partial charge in [-0.05, 0) is 193 Å². The number of fused-ring (bicyclic) bond motifs is 2. The maximum atomic E-state index is 12.8. The molecule has 0 aromatic heterocycles. The summed E-state index contributed by atoms with van der Waals surface area (Å²) in [5.41, 5.74) is 1.78. The molecule has 13 nitrogen and oxygen atoms in total. The van der Waals surface area contributed by atoms with Gasteiger partial charge in [0.15, 0.2) is 0 Å². The molecule has 0 aliphatic heterocycles. The number of esters is 4. The van der Waals surface area contributed by atoms with Crippen LogP contribution in [0.3, 0.4) is 0 Å². The number of hydrogen-bond acceptors (Lipinski definition) is 13. The average molecular weight is 1650 g/mol. The van der Waals surface area contributed by atoms with E-state index in [1.807, 2.05) is 36.4 Å². The van der Waals surface area contributed by atoms with Gasteiger partial charge in [0.25, 0.3) is 0 Å². The zero-order valence-corrected chi connectivity index (χ0v) is 63.6. The molecular weight excluding hydrogens is 1530 g/mol. The van der Waals surface area contributed by atoms with Crippen LogP contribution in [0.4, 0.5) is 0 Å². The zero-order chi connectivity index (χ0) is 64.8. The predicted octanol–water partition coefficient (Wildman–Crippen LogP) is 24.5. The van der Waals surface area contributed by atoms with E-state index >= 15 is 0 Å². The van der Waals surface area contributed by atoms with E-state index in [-0.39, 0.29) is 124 Å². The van der Waals surface area contributed by atoms with Crippen molar-refractivity contribution in [2.75, 3.05) is 26.4 Å². The minimum Gasteiger partial charge on any atom is -0.494 e. The van der Waals surface area contributed by atoms with Crippen molar-refractivity contribution >= 4 is 45.4 Å². The maximum absolute atomic E-state index is 12.8. The van der Waals surface area contributed by atoms with E-state index in [0.717, 1.165) is 70.2 Å². The van der Waals surface area contributed by atoms with Gasteiger partial charge in [-0.3, -0.25) is 0 Å². The van der Waals surface area contributed by atoms with Crippen LogP contribution in [0.1, 0.15) is 246 Å². The summed E-state index contributed by atoms with van der Waals surface area (Å²) in [6.07, 6.45) is 29.1. The first-order valence-electron chi connectivity index (χ1n) is 34.0. The third-order valence-corrected chi connectivity index (χ3v) is 15.8. The van der Waals surface area contributed by atoms with E-state index in [0.29, 0.717) is 71.7 Å². The number of benzene rings is 8. The first kappa shape index (κ1) is 96.0. The van der Waals surface area contributed by atoms with Crippen LogP contribution in [0.25, 0.3) is 21.5 Å². The fraction of sp³-hybridized carbons (Fsp3) is 0.412. The van der Waals surface area contributed by atoms with Gasteiger partial charge in [-0.1, -0.05) is 203 Å². The molecule has 3 N–H and O–H groups in total. The molecule has 0 saturated heterocycles. The Morgan fingerprint density at radius 1 is 0.240 bits per heavy atom. The molecule has 100 heavy (non-hydrogen) atoms. The zero-order valence-electron chi connectivity index (χ0n) is 58.4. The molecular formula is C85H117NO12Sm2-2. The Hall–Kier alpha value is -6.00. The summed E-state index contributed by atoms with van der Waals surface area (Å²) in [6, 6.07) is 49.6. The van der Waals surface area contributed by atoms with Gasteiger partial charge >= 0.3 is 23.9 Å². The first-order chi connectivity index (χ1) is 45.1. The summed E-state index contributed by atoms with van der Waals surface area (Å²) in [4.78, 5) is 51.1. The van der Waals surface area contributed by atoms with Gasteiger partial charge in [-0.2, -0.15) is 0 Å². The van der Waals surface area contributed by atoms with Gasteiger partial charge in [-0.15, -0.1) is 0 Å². The third-order valence-electron chi connectivity index (χ3n) is 15.8. The Morgan fingerprint density at radius 2 is 0.430 bits per heavy atom. The van der Waals surface area contributed by atoms with Crippen LogP contribution in [-0.2, 0) is 0 Å². The molecule has 0 heterocycles. The van der Waals surface area contributed by atoms with Crippen LogP contribution in [-0.4, -0.2) is 50.3 Å². The molecule has 0 unspecified atom stereocenters. The molecule has 8 rings (SSSR count). The minimum absolute atomic E-state index is 0. The monoisotopic (exact) mass is 1650 g/mol. The van der Waals surface area contributed by atoms with Crippen molar-refractivity contribution in [3.8, 4) is 46.0 Å². The second kappa shape index (κ2) is 56.5. The van der Waals surface area contributed by atoms with Gasteiger partial charge < -0.3 is 58.9 Å². The number of rotatable bonds is 40. The fourth-order valence-corrected chi connectivity index (χ4v) is 10.4. The van der Waals surface area contributed by atoms with Crippen molar-refractivity contribution in [1.29, 1.82) is 0 Å². The van der Waals surface area contributed by atoms with Gasteiger partial charge in [0.05, 0.1) is 48.7 Å². The number of carbonyl (C=O) groups is 4. The van der Waals surface area contributed by atoms with Crippen molar-refractivity contribution in [2.24, 2.45) is 0 Å². The normalized spacial score (nSPS) is 10.0. The maximum Gasteiger partial charge on any atom is 0.343 e. The minimum atomic E-state index is -0.447. The molecule has 0 saturated carbocycles. The van der Waals surface area contributed by atoms with Crippen LogP contribution >= 0.6 is 0 Å². The van der Waals surface area contributed by atoms with Crippen molar-refractivity contribution < 1.29 is 138 Å². The SMILES string of the molecule is C.C.C.CCCCCCCCOc1ccc(C(=O)Oc2ccc3cc(OC(=O)c4ccc(OCCCCCCCC)cc4)ccc3c2)cc1.CCCCCCCCOc1ccc(OC(=O)c2ccc3cc(OC(=O)c4ccc(OCCCCCCCC)cc4)ccc3c2)cc1.N.[CH3-].[CH3-].[Sm].[Sm]. The Morgan fingerprint density at radius 3 is 0.710 bits per heavy atom. The van der Waals surface area contributed by atoms with Gasteiger partial charge in [0.2, 0.25) is 0 Å². The Labute approximate surface area is 666 Å². The number of hydrogen-bond donors (Lipinski definition) is 1. The van der Waals surface area contributed by atoms with E-state index in [1.54, 1.807) is 133 Å². The number of ether oxygens (including phenoxy) is 8. The summed E-state index contributed by atoms with van der Waals surface area (Å²) in [5.74, 6) is 2.99. The predicted molar refractivity (Wildman–Crippen MR) is 407 cm³/mol. The summed E-state index contributed by atoms with van der Waals surface area (Å²) in [7, 11) is 0. The van der Waals surface area contributed by atoms with Crippen LogP contribution in [0.15, 0.2) is 170 Å². The van der Waals surface area contributed by atoms with Crippen molar-refractivity contribution in [1.82, 2.24) is 6.15 Å². The average Bonchev–Trinajstić information content (AvgIpc) is 0.822. The van der Waals surface area contributed by atoms with Crippen molar-refractivity contribution in [3.05, 3.63) is 207 Å². The fourth-order valence-electron chi connectivity index (χ4n) is 10.4. The van der Waals surface area contributed by atoms with Crippen molar-refractivity contribution in [3.63, 3.8) is 0 Å². The van der Waals surface area contributed by atoms with Crippen LogP contribution < -0.4 is 44.0 Å². The molecule has 0 amide bonds. The summed E-state index contributed by atoms with van der Waals surface area (Å²) >= 11 is 0. The molecule has 8 aromatic rings. The molecule has 0 bridgehead atoms. The second-order valence-electron chi connectivity index (χ2n) is 23.5. The van der Waals surface area contributed by atoms with Crippen LogP contribution in [0.2, 0.25) is 0 Å². The summed E-state index contributed by atoms with van der Waals surface area (Å²) in [6.45, 7) is 11.6. The standard InChI is InChI=1S/2C40H48O6.3CH4.2CH3.H3N.2Sm/c1-3-5-7-9-11-13-27-43-35-21-15-31(16-22-35)39(41)45-37-25-19-34-30-38(26-20-33(34)29-37)46-40(42)32-17-23-36(24-18-32)44-28-14-12-10-8-6-4-2;1-3-5-7-9-11-13-27-43-35-20-17-31(18-21-35)39(41)46-38-22-19-32-29-34(16-15-33(32)30-38)40(42)45-37-25-23-36(24-26-37)44-28-14-12-10-8-6-4-2;;;;;;;;/h2*15-26,29-30H,3-14,27-28H2,1-2H3;3*1H4;3*1H3;;/q;;;;;2*-1;;;. The molecule has 0 aliphatic rings. The molecule has 0 atom stereocenters. The topological polar surface area (TPSA) is 177 Å². The smallest absolute Gasteiger partial charge is 0.343 e. The molecule has 0 aliphatic carbocycles. The molecule has 0 spiro atoms. The van der Waals surface area contributed by atoms with E-state index in [1.165, 1.54) is 128 Å². The molecule has 15 heteroatoms. The van der Waals surface area contributed by atoms with E-state index in [4.69, 9.17) is 37.9 Å². The Bertz CT molecular complexity index is 3350. The molecule has 0 fully saturated rings. The Kier molecular flexibility index (Phi) is 54.3. The van der Waals surface area contributed by atoms with Gasteiger partial charge in [-0.25, -0.2) is 19.2 Å². The number of carbonyl (C=O) groups excluding carboxylic acids is 4. The quantitative estimate of drug-likeness (QED) is 0.0166. The van der Waals surface area contributed by atoms with E-state index < -0.39 is 23.9 Å². The van der Waals surface area contributed by atoms with E-state index in [2.05, 4.69) is 27.7 Å². The van der Waals surface area contributed by atoms with Crippen LogP contribution in [0, 0.1) is 95.6 Å². The molecule has 548 valence electrons. The molecule has 0 radical (unpaired) electrons. The summed E-state index contributed by atoms with van der Waals surface area (Å²) in [5, 5.41) is 3.39. The first-order valence-corrected chi connectivity index (χ1v) is 34.0. The van der Waals surface area contributed by atoms with Gasteiger partial charge in [0, 0.05) is 80.8 Å². The van der Waals surface area contributed by atoms with Crippen molar-refractivity contribution in [2.45, 2.75) is 204 Å². The summed E-state index contributed by atoms with van der Waals surface area (Å²) < 4.78 is 45.8. The van der Waals surface area contributed by atoms with Crippen LogP contribution in [0.5, 0.6) is 46.0 Å². The van der Waals surface area contributed by atoms with Gasteiger partial charge in [0.1, 0.15) is 46.0 Å². The van der Waals surface area contributed by atoms with E-state index in [9.17, 15) is 19.2 Å². The Balaban J connectivity index is 0.